The first-order valence-corrected chi connectivity index (χ1v) is 12.9. The van der Waals surface area contributed by atoms with Crippen molar-refractivity contribution < 1.29 is 29.6 Å². The van der Waals surface area contributed by atoms with E-state index in [0.717, 1.165) is 31.8 Å². The van der Waals surface area contributed by atoms with Crippen molar-refractivity contribution in [3.63, 3.8) is 0 Å². The largest absolute Gasteiger partial charge is 0.545 e. The molecule has 1 aliphatic rings. The number of rotatable bonds is 19. The molecular formula is C26H47O6-. The standard InChI is InChI=1S/C26H48O6/c1-21(31-26-24(28)20-23(27)22(2)32-26)18-16-14-12-10-8-6-4-3-5-7-9-11-13-15-17-19-25(29)30/h17,19,21-24,26-28H,3-16,18,20H2,1-2H3,(H,29,30)/p-1/b19-17+/t21-,22+,23-,24-,26-/m1/s1. The fraction of sp³-hybridized carbons (Fsp3) is 0.885. The van der Waals surface area contributed by atoms with Crippen molar-refractivity contribution in [2.75, 3.05) is 0 Å². The van der Waals surface area contributed by atoms with E-state index in [0.29, 0.717) is 6.42 Å². The van der Waals surface area contributed by atoms with Crippen LogP contribution < -0.4 is 5.11 Å². The fourth-order valence-electron chi connectivity index (χ4n) is 4.18. The number of unbranched alkanes of at least 4 members (excludes halogenated alkanes) is 13. The van der Waals surface area contributed by atoms with Gasteiger partial charge >= 0.3 is 0 Å². The molecule has 1 aliphatic heterocycles. The van der Waals surface area contributed by atoms with Gasteiger partial charge < -0.3 is 29.6 Å². The number of aliphatic hydroxyl groups excluding tert-OH is 2. The van der Waals surface area contributed by atoms with Crippen LogP contribution in [-0.4, -0.2) is 46.9 Å². The maximum Gasteiger partial charge on any atom is 0.184 e. The second-order valence-corrected chi connectivity index (χ2v) is 9.42. The van der Waals surface area contributed by atoms with Crippen molar-refractivity contribution in [2.45, 2.75) is 147 Å². The van der Waals surface area contributed by atoms with Crippen LogP contribution in [0.25, 0.3) is 0 Å². The number of carboxylic acids is 1. The van der Waals surface area contributed by atoms with E-state index < -0.39 is 24.5 Å². The topological polar surface area (TPSA) is 99.1 Å². The van der Waals surface area contributed by atoms with E-state index in [9.17, 15) is 20.1 Å². The van der Waals surface area contributed by atoms with Gasteiger partial charge in [-0.25, -0.2) is 0 Å². The predicted molar refractivity (Wildman–Crippen MR) is 125 cm³/mol. The van der Waals surface area contributed by atoms with Crippen LogP contribution >= 0.6 is 0 Å². The Labute approximate surface area is 195 Å². The monoisotopic (exact) mass is 455 g/mol. The normalized spacial score (nSPS) is 24.8. The molecule has 6 heteroatoms. The van der Waals surface area contributed by atoms with E-state index in [1.807, 2.05) is 13.8 Å². The number of hydrogen-bond donors (Lipinski definition) is 2. The summed E-state index contributed by atoms with van der Waals surface area (Å²) in [6.07, 6.45) is 19.0. The predicted octanol–water partition coefficient (Wildman–Crippen LogP) is 4.41. The van der Waals surface area contributed by atoms with E-state index in [2.05, 4.69) is 0 Å². The van der Waals surface area contributed by atoms with Crippen molar-refractivity contribution >= 4 is 5.97 Å². The van der Waals surface area contributed by atoms with E-state index in [1.54, 1.807) is 6.08 Å². The molecule has 1 fully saturated rings. The minimum absolute atomic E-state index is 0.0515. The Kier molecular flexibility index (Phi) is 16.8. The van der Waals surface area contributed by atoms with Gasteiger partial charge in [-0.2, -0.15) is 0 Å². The van der Waals surface area contributed by atoms with Crippen LogP contribution in [0.1, 0.15) is 117 Å². The van der Waals surface area contributed by atoms with E-state index >= 15 is 0 Å². The summed E-state index contributed by atoms with van der Waals surface area (Å²) in [5.74, 6) is -1.10. The molecule has 0 saturated carbocycles. The molecule has 0 aromatic heterocycles. The summed E-state index contributed by atoms with van der Waals surface area (Å²) in [4.78, 5) is 10.2. The number of allylic oxidation sites excluding steroid dienone is 1. The number of carbonyl (C=O) groups excluding carboxylic acids is 1. The Morgan fingerprint density at radius 3 is 1.97 bits per heavy atom. The number of aliphatic carboxylic acids is 1. The number of hydrogen-bond acceptors (Lipinski definition) is 6. The second kappa shape index (κ2) is 18.5. The van der Waals surface area contributed by atoms with Gasteiger partial charge in [0.1, 0.15) is 6.10 Å². The minimum atomic E-state index is -1.10. The molecule has 2 N–H and O–H groups in total. The average Bonchev–Trinajstić information content (AvgIpc) is 2.74. The molecule has 0 aromatic rings. The Morgan fingerprint density at radius 2 is 1.44 bits per heavy atom. The lowest BCUT2D eigenvalue weighted by atomic mass is 10.0. The fourth-order valence-corrected chi connectivity index (χ4v) is 4.18. The van der Waals surface area contributed by atoms with Crippen LogP contribution in [0.15, 0.2) is 12.2 Å². The first-order valence-electron chi connectivity index (χ1n) is 12.9. The summed E-state index contributed by atoms with van der Waals surface area (Å²) in [7, 11) is 0. The summed E-state index contributed by atoms with van der Waals surface area (Å²) in [6, 6.07) is 0. The van der Waals surface area contributed by atoms with Crippen molar-refractivity contribution in [2.24, 2.45) is 0 Å². The summed E-state index contributed by atoms with van der Waals surface area (Å²) in [6.45, 7) is 3.84. The first-order chi connectivity index (χ1) is 15.4. The average molecular weight is 456 g/mol. The van der Waals surface area contributed by atoms with Gasteiger partial charge in [0, 0.05) is 6.42 Å². The van der Waals surface area contributed by atoms with Crippen LogP contribution in [0.2, 0.25) is 0 Å². The molecule has 1 rings (SSSR count). The summed E-state index contributed by atoms with van der Waals surface area (Å²) < 4.78 is 11.4. The van der Waals surface area contributed by atoms with Gasteiger partial charge in [-0.1, -0.05) is 83.1 Å². The molecule has 0 unspecified atom stereocenters. The highest BCUT2D eigenvalue weighted by atomic mass is 16.7. The van der Waals surface area contributed by atoms with Gasteiger partial charge in [0.25, 0.3) is 0 Å². The second-order valence-electron chi connectivity index (χ2n) is 9.42. The molecule has 0 bridgehead atoms. The third-order valence-corrected chi connectivity index (χ3v) is 6.29. The van der Waals surface area contributed by atoms with Gasteiger partial charge in [0.15, 0.2) is 6.29 Å². The SMILES string of the molecule is C[C@H](CCCCCCCCCCCCCCC/C=C/C(=O)[O-])O[C@@H]1O[C@@H](C)[C@H](O)C[C@H]1O. The summed E-state index contributed by atoms with van der Waals surface area (Å²) in [5.41, 5.74) is 0. The zero-order valence-corrected chi connectivity index (χ0v) is 20.4. The molecule has 1 heterocycles. The highest BCUT2D eigenvalue weighted by molar-refractivity contribution is 5.77. The Morgan fingerprint density at radius 1 is 0.938 bits per heavy atom. The molecule has 1 saturated heterocycles. The van der Waals surface area contributed by atoms with Gasteiger partial charge in [0.05, 0.1) is 24.3 Å². The van der Waals surface area contributed by atoms with Gasteiger partial charge in [0.2, 0.25) is 0 Å². The zero-order chi connectivity index (χ0) is 23.6. The molecule has 0 aliphatic carbocycles. The highest BCUT2D eigenvalue weighted by Gasteiger charge is 2.35. The molecule has 0 amide bonds. The molecule has 0 spiro atoms. The van der Waals surface area contributed by atoms with Crippen molar-refractivity contribution in [1.82, 2.24) is 0 Å². The number of ether oxygens (including phenoxy) is 2. The van der Waals surface area contributed by atoms with Crippen molar-refractivity contribution in [1.29, 1.82) is 0 Å². The molecular weight excluding hydrogens is 408 g/mol. The van der Waals surface area contributed by atoms with Crippen LogP contribution in [-0.2, 0) is 14.3 Å². The molecule has 6 nitrogen and oxygen atoms in total. The van der Waals surface area contributed by atoms with Crippen LogP contribution in [0.4, 0.5) is 0 Å². The molecule has 0 aromatic carbocycles. The van der Waals surface area contributed by atoms with Gasteiger partial charge in [-0.3, -0.25) is 0 Å². The quantitative estimate of drug-likeness (QED) is 0.221. The van der Waals surface area contributed by atoms with Crippen molar-refractivity contribution in [3.8, 4) is 0 Å². The highest BCUT2D eigenvalue weighted by Crippen LogP contribution is 2.23. The summed E-state index contributed by atoms with van der Waals surface area (Å²) >= 11 is 0. The maximum absolute atomic E-state index is 10.2. The Hall–Kier alpha value is -0.950. The summed E-state index contributed by atoms with van der Waals surface area (Å²) in [5, 5.41) is 30.0. The van der Waals surface area contributed by atoms with Crippen LogP contribution in [0.5, 0.6) is 0 Å². The smallest absolute Gasteiger partial charge is 0.184 e. The molecule has 0 radical (unpaired) electrons. The van der Waals surface area contributed by atoms with E-state index in [4.69, 9.17) is 9.47 Å². The Bertz CT molecular complexity index is 495. The zero-order valence-electron chi connectivity index (χ0n) is 20.4. The minimum Gasteiger partial charge on any atom is -0.545 e. The lowest BCUT2D eigenvalue weighted by molar-refractivity contribution is -0.297. The van der Waals surface area contributed by atoms with Crippen LogP contribution in [0, 0.1) is 0 Å². The van der Waals surface area contributed by atoms with Crippen molar-refractivity contribution in [3.05, 3.63) is 12.2 Å². The third-order valence-electron chi connectivity index (χ3n) is 6.29. The van der Waals surface area contributed by atoms with Crippen LogP contribution in [0.3, 0.4) is 0 Å². The third kappa shape index (κ3) is 15.0. The number of aliphatic hydroxyl groups is 2. The van der Waals surface area contributed by atoms with Gasteiger partial charge in [-0.05, 0) is 39.2 Å². The maximum atomic E-state index is 10.2. The molecule has 32 heavy (non-hydrogen) atoms. The lowest BCUT2D eigenvalue weighted by Gasteiger charge is -2.36. The van der Waals surface area contributed by atoms with Gasteiger partial charge in [-0.15, -0.1) is 0 Å². The molecule has 188 valence electrons. The first kappa shape index (κ1) is 29.1. The lowest BCUT2D eigenvalue weighted by Crippen LogP contribution is -2.48. The van der Waals surface area contributed by atoms with E-state index in [1.165, 1.54) is 70.6 Å². The molecule has 5 atom stereocenters. The van der Waals surface area contributed by atoms with E-state index in [-0.39, 0.29) is 12.2 Å². The number of carbonyl (C=O) groups is 1. The number of carboxylic acid groups (broad SMARTS) is 1. The Balaban J connectivity index is 1.83.